The van der Waals surface area contributed by atoms with E-state index in [2.05, 4.69) is 9.97 Å². The number of ketones is 1. The molecule has 0 saturated carbocycles. The monoisotopic (exact) mass is 431 g/mol. The second kappa shape index (κ2) is 10.2. The summed E-state index contributed by atoms with van der Waals surface area (Å²) >= 11 is 0. The number of rotatable bonds is 7. The molecule has 0 radical (unpaired) electrons. The van der Waals surface area contributed by atoms with Gasteiger partial charge in [-0.1, -0.05) is 6.07 Å². The molecular weight excluding hydrogens is 406 g/mol. The van der Waals surface area contributed by atoms with Gasteiger partial charge in [-0.05, 0) is 55.5 Å². The predicted octanol–water partition coefficient (Wildman–Crippen LogP) is 3.12. The van der Waals surface area contributed by atoms with Crippen LogP contribution >= 0.6 is 0 Å². The van der Waals surface area contributed by atoms with Crippen LogP contribution in [0.15, 0.2) is 60.8 Å². The first-order valence-corrected chi connectivity index (χ1v) is 10.6. The van der Waals surface area contributed by atoms with Gasteiger partial charge in [0.1, 0.15) is 5.75 Å². The summed E-state index contributed by atoms with van der Waals surface area (Å²) in [5.74, 6) is 0.551. The van der Waals surface area contributed by atoms with Crippen LogP contribution in [0.1, 0.15) is 21.7 Å². The highest BCUT2D eigenvalue weighted by molar-refractivity contribution is 5.98. The van der Waals surface area contributed by atoms with E-state index in [1.165, 1.54) is 0 Å². The molecule has 0 spiro atoms. The fourth-order valence-electron chi connectivity index (χ4n) is 3.50. The van der Waals surface area contributed by atoms with Crippen LogP contribution in [0.4, 0.5) is 0 Å². The van der Waals surface area contributed by atoms with Crippen LogP contribution in [-0.2, 0) is 16.0 Å². The third-order valence-electron chi connectivity index (χ3n) is 5.25. The number of hydrogen-bond acceptors (Lipinski definition) is 6. The largest absolute Gasteiger partial charge is 0.484 e. The first-order chi connectivity index (χ1) is 15.6. The molecule has 3 aromatic rings. The molecule has 0 N–H and O–H groups in total. The number of aryl methyl sites for hydroxylation is 1. The minimum atomic E-state index is -0.0478. The Morgan fingerprint density at radius 1 is 1.06 bits per heavy atom. The van der Waals surface area contributed by atoms with Crippen molar-refractivity contribution in [3.63, 3.8) is 0 Å². The van der Waals surface area contributed by atoms with Crippen LogP contribution in [0.25, 0.3) is 11.3 Å². The van der Waals surface area contributed by atoms with E-state index in [0.717, 1.165) is 17.0 Å². The smallest absolute Gasteiger partial charge is 0.260 e. The van der Waals surface area contributed by atoms with Crippen molar-refractivity contribution in [3.05, 3.63) is 77.7 Å². The average molecular weight is 431 g/mol. The zero-order valence-corrected chi connectivity index (χ0v) is 18.0. The molecule has 2 aromatic heterocycles. The standard InChI is InChI=1S/C25H25N3O4/c1-18-3-2-4-21(27-18)16-24(29)20-9-10-26-23(15-20)19-5-7-22(8-6-19)32-17-25(30)28-11-13-31-14-12-28/h2-10,15H,11-14,16-17H2,1H3. The molecule has 1 aliphatic rings. The van der Waals surface area contributed by atoms with E-state index in [0.29, 0.717) is 43.3 Å². The summed E-state index contributed by atoms with van der Waals surface area (Å²) in [7, 11) is 0. The van der Waals surface area contributed by atoms with Gasteiger partial charge >= 0.3 is 0 Å². The first kappa shape index (κ1) is 21.6. The van der Waals surface area contributed by atoms with E-state index >= 15 is 0 Å². The molecule has 1 aromatic carbocycles. The van der Waals surface area contributed by atoms with Crippen molar-refractivity contribution in [2.24, 2.45) is 0 Å². The lowest BCUT2D eigenvalue weighted by molar-refractivity contribution is -0.137. The number of nitrogens with zero attached hydrogens (tertiary/aromatic N) is 3. The molecule has 1 fully saturated rings. The topological polar surface area (TPSA) is 81.6 Å². The maximum Gasteiger partial charge on any atom is 0.260 e. The van der Waals surface area contributed by atoms with E-state index in [1.807, 2.05) is 37.3 Å². The van der Waals surface area contributed by atoms with Crippen LogP contribution in [0.2, 0.25) is 0 Å². The highest BCUT2D eigenvalue weighted by atomic mass is 16.5. The van der Waals surface area contributed by atoms with Gasteiger partial charge in [0.25, 0.3) is 5.91 Å². The van der Waals surface area contributed by atoms with Crippen molar-refractivity contribution in [2.75, 3.05) is 32.9 Å². The summed E-state index contributed by atoms with van der Waals surface area (Å²) in [4.78, 5) is 35.5. The Morgan fingerprint density at radius 3 is 2.59 bits per heavy atom. The summed E-state index contributed by atoms with van der Waals surface area (Å²) in [6, 6.07) is 16.5. The minimum Gasteiger partial charge on any atom is -0.484 e. The second-order valence-corrected chi connectivity index (χ2v) is 7.61. The summed E-state index contributed by atoms with van der Waals surface area (Å²) in [6.07, 6.45) is 1.88. The molecule has 7 heteroatoms. The first-order valence-electron chi connectivity index (χ1n) is 10.6. The molecule has 1 amide bonds. The lowest BCUT2D eigenvalue weighted by atomic mass is 10.0. The Labute approximate surface area is 187 Å². The summed E-state index contributed by atoms with van der Waals surface area (Å²) in [5.41, 5.74) is 3.79. The molecule has 1 aliphatic heterocycles. The zero-order valence-electron chi connectivity index (χ0n) is 18.0. The van der Waals surface area contributed by atoms with E-state index in [-0.39, 0.29) is 24.7 Å². The summed E-state index contributed by atoms with van der Waals surface area (Å²) < 4.78 is 10.9. The Balaban J connectivity index is 1.38. The molecule has 0 atom stereocenters. The van der Waals surface area contributed by atoms with Gasteiger partial charge in [0.15, 0.2) is 12.4 Å². The Morgan fingerprint density at radius 2 is 1.84 bits per heavy atom. The number of morpholine rings is 1. The number of amides is 1. The van der Waals surface area contributed by atoms with Gasteiger partial charge in [0, 0.05) is 41.8 Å². The van der Waals surface area contributed by atoms with Crippen molar-refractivity contribution in [2.45, 2.75) is 13.3 Å². The number of Topliss-reactive ketones (excluding diaryl/α,β-unsaturated/α-hetero) is 1. The molecule has 3 heterocycles. The molecule has 1 saturated heterocycles. The highest BCUT2D eigenvalue weighted by Gasteiger charge is 2.17. The van der Waals surface area contributed by atoms with Gasteiger partial charge in [-0.25, -0.2) is 0 Å². The third kappa shape index (κ3) is 5.56. The minimum absolute atomic E-state index is 0.00538. The van der Waals surface area contributed by atoms with Crippen molar-refractivity contribution in [3.8, 4) is 17.0 Å². The fraction of sp³-hybridized carbons (Fsp3) is 0.280. The quantitative estimate of drug-likeness (QED) is 0.535. The van der Waals surface area contributed by atoms with Gasteiger partial charge < -0.3 is 14.4 Å². The maximum absolute atomic E-state index is 12.7. The van der Waals surface area contributed by atoms with Crippen molar-refractivity contribution < 1.29 is 19.1 Å². The SMILES string of the molecule is Cc1cccc(CC(=O)c2ccnc(-c3ccc(OCC(=O)N4CCOCC4)cc3)c2)n1. The molecule has 0 unspecified atom stereocenters. The van der Waals surface area contributed by atoms with Crippen molar-refractivity contribution in [1.82, 2.24) is 14.9 Å². The molecular formula is C25H25N3O4. The highest BCUT2D eigenvalue weighted by Crippen LogP contribution is 2.22. The maximum atomic E-state index is 12.7. The number of hydrogen-bond donors (Lipinski definition) is 0. The normalized spacial score (nSPS) is 13.6. The van der Waals surface area contributed by atoms with Crippen LogP contribution in [-0.4, -0.2) is 59.5 Å². The van der Waals surface area contributed by atoms with E-state index in [1.54, 1.807) is 35.4 Å². The van der Waals surface area contributed by atoms with E-state index in [9.17, 15) is 9.59 Å². The lowest BCUT2D eigenvalue weighted by Crippen LogP contribution is -2.42. The van der Waals surface area contributed by atoms with Crippen LogP contribution < -0.4 is 4.74 Å². The number of carbonyl (C=O) groups excluding carboxylic acids is 2. The number of ether oxygens (including phenoxy) is 2. The van der Waals surface area contributed by atoms with Gasteiger partial charge in [0.2, 0.25) is 0 Å². The number of benzene rings is 1. The molecule has 0 aliphatic carbocycles. The van der Waals surface area contributed by atoms with Gasteiger partial charge in [-0.2, -0.15) is 0 Å². The molecule has 0 bridgehead atoms. The zero-order chi connectivity index (χ0) is 22.3. The van der Waals surface area contributed by atoms with Crippen LogP contribution in [0.3, 0.4) is 0 Å². The lowest BCUT2D eigenvalue weighted by Gasteiger charge is -2.26. The summed E-state index contributed by atoms with van der Waals surface area (Å²) in [5, 5.41) is 0. The Kier molecular flexibility index (Phi) is 6.87. The number of aromatic nitrogens is 2. The van der Waals surface area contributed by atoms with Crippen molar-refractivity contribution >= 4 is 11.7 Å². The van der Waals surface area contributed by atoms with Gasteiger partial charge in [0.05, 0.1) is 25.3 Å². The third-order valence-corrected chi connectivity index (χ3v) is 5.25. The van der Waals surface area contributed by atoms with E-state index < -0.39 is 0 Å². The Bertz CT molecular complexity index is 1090. The fourth-order valence-corrected chi connectivity index (χ4v) is 3.50. The van der Waals surface area contributed by atoms with Crippen LogP contribution in [0.5, 0.6) is 5.75 Å². The van der Waals surface area contributed by atoms with E-state index in [4.69, 9.17) is 9.47 Å². The van der Waals surface area contributed by atoms with Crippen LogP contribution in [0, 0.1) is 6.92 Å². The Hall–Kier alpha value is -3.58. The number of pyridine rings is 2. The number of carbonyl (C=O) groups is 2. The molecule has 32 heavy (non-hydrogen) atoms. The van der Waals surface area contributed by atoms with Gasteiger partial charge in [-0.15, -0.1) is 0 Å². The second-order valence-electron chi connectivity index (χ2n) is 7.61. The van der Waals surface area contributed by atoms with Crippen molar-refractivity contribution in [1.29, 1.82) is 0 Å². The van der Waals surface area contributed by atoms with Gasteiger partial charge in [-0.3, -0.25) is 19.6 Å². The average Bonchev–Trinajstić information content (AvgIpc) is 2.83. The molecule has 164 valence electrons. The summed E-state index contributed by atoms with van der Waals surface area (Å²) in [6.45, 7) is 4.23. The molecule has 4 rings (SSSR count). The predicted molar refractivity (Wildman–Crippen MR) is 120 cm³/mol. The molecule has 7 nitrogen and oxygen atoms in total.